The van der Waals surface area contributed by atoms with E-state index in [-0.39, 0.29) is 18.1 Å². The van der Waals surface area contributed by atoms with Crippen LogP contribution < -0.4 is 14.8 Å². The lowest BCUT2D eigenvalue weighted by atomic mass is 10.2. The van der Waals surface area contributed by atoms with Crippen LogP contribution in [0, 0.1) is 0 Å². The number of hydrogen-bond acceptors (Lipinski definition) is 5. The van der Waals surface area contributed by atoms with Crippen molar-refractivity contribution in [3.8, 4) is 11.5 Å². The first kappa shape index (κ1) is 13.3. The van der Waals surface area contributed by atoms with E-state index in [1.807, 2.05) is 0 Å². The SMILES string of the molecule is COCC(Nc1ccc2c(c1)OC(F)(F)O2)C(=O)O. The number of hydrogen-bond donors (Lipinski definition) is 2. The number of benzene rings is 1. The van der Waals surface area contributed by atoms with Crippen molar-refractivity contribution in [2.75, 3.05) is 19.0 Å². The van der Waals surface area contributed by atoms with Gasteiger partial charge in [0.1, 0.15) is 6.04 Å². The number of rotatable bonds is 5. The molecule has 1 aliphatic heterocycles. The fraction of sp³-hybridized carbons (Fsp3) is 0.364. The van der Waals surface area contributed by atoms with Crippen molar-refractivity contribution in [1.29, 1.82) is 0 Å². The number of carboxylic acids is 1. The van der Waals surface area contributed by atoms with Crippen molar-refractivity contribution in [2.24, 2.45) is 0 Å². The Labute approximate surface area is 106 Å². The normalized spacial score (nSPS) is 17.0. The highest BCUT2D eigenvalue weighted by Gasteiger charge is 2.43. The molecule has 0 saturated heterocycles. The largest absolute Gasteiger partial charge is 0.586 e. The highest BCUT2D eigenvalue weighted by atomic mass is 19.3. The standard InChI is InChI=1S/C11H11F2NO5/c1-17-5-7(10(15)16)14-6-2-3-8-9(4-6)19-11(12,13)18-8/h2-4,7,14H,5H2,1H3,(H,15,16). The Bertz CT molecular complexity index is 494. The molecule has 1 atom stereocenters. The number of carbonyl (C=O) groups is 1. The first-order valence-corrected chi connectivity index (χ1v) is 5.29. The summed E-state index contributed by atoms with van der Waals surface area (Å²) < 4.78 is 38.8. The van der Waals surface area contributed by atoms with Gasteiger partial charge in [0.25, 0.3) is 0 Å². The van der Waals surface area contributed by atoms with E-state index in [0.29, 0.717) is 5.69 Å². The molecule has 1 aliphatic rings. The number of alkyl halides is 2. The third-order valence-corrected chi connectivity index (χ3v) is 2.37. The second kappa shape index (κ2) is 4.88. The summed E-state index contributed by atoms with van der Waals surface area (Å²) in [7, 11) is 1.36. The molecule has 0 amide bonds. The monoisotopic (exact) mass is 275 g/mol. The molecule has 8 heteroatoms. The van der Waals surface area contributed by atoms with Gasteiger partial charge in [0, 0.05) is 18.9 Å². The maximum Gasteiger partial charge on any atom is 0.586 e. The van der Waals surface area contributed by atoms with Crippen LogP contribution >= 0.6 is 0 Å². The lowest BCUT2D eigenvalue weighted by Crippen LogP contribution is -2.33. The van der Waals surface area contributed by atoms with Crippen LogP contribution in [-0.4, -0.2) is 37.1 Å². The predicted molar refractivity (Wildman–Crippen MR) is 59.6 cm³/mol. The molecule has 0 aliphatic carbocycles. The highest BCUT2D eigenvalue weighted by Crippen LogP contribution is 2.42. The summed E-state index contributed by atoms with van der Waals surface area (Å²) in [5.74, 6) is -1.38. The summed E-state index contributed by atoms with van der Waals surface area (Å²) in [5, 5.41) is 11.6. The molecule has 1 aromatic carbocycles. The molecule has 0 spiro atoms. The molecule has 1 heterocycles. The van der Waals surface area contributed by atoms with Crippen LogP contribution in [0.2, 0.25) is 0 Å². The van der Waals surface area contributed by atoms with Gasteiger partial charge in [-0.15, -0.1) is 8.78 Å². The molecule has 0 aromatic heterocycles. The van der Waals surface area contributed by atoms with Crippen LogP contribution in [0.15, 0.2) is 18.2 Å². The number of nitrogens with one attached hydrogen (secondary N) is 1. The Morgan fingerprint density at radius 2 is 2.16 bits per heavy atom. The third kappa shape index (κ3) is 3.02. The molecule has 0 radical (unpaired) electrons. The highest BCUT2D eigenvalue weighted by molar-refractivity contribution is 5.77. The van der Waals surface area contributed by atoms with Crippen molar-refractivity contribution in [2.45, 2.75) is 12.3 Å². The maximum absolute atomic E-state index is 12.8. The van der Waals surface area contributed by atoms with E-state index in [0.717, 1.165) is 0 Å². The molecule has 0 fully saturated rings. The summed E-state index contributed by atoms with van der Waals surface area (Å²) in [4.78, 5) is 10.9. The zero-order valence-corrected chi connectivity index (χ0v) is 9.85. The summed E-state index contributed by atoms with van der Waals surface area (Å²) in [5.41, 5.74) is 0.310. The van der Waals surface area contributed by atoms with E-state index in [4.69, 9.17) is 9.84 Å². The molecule has 2 N–H and O–H groups in total. The van der Waals surface area contributed by atoms with E-state index in [9.17, 15) is 13.6 Å². The lowest BCUT2D eigenvalue weighted by molar-refractivity contribution is -0.286. The van der Waals surface area contributed by atoms with Gasteiger partial charge in [0.05, 0.1) is 6.61 Å². The number of halogens is 2. The number of ether oxygens (including phenoxy) is 3. The molecular formula is C11H11F2NO5. The van der Waals surface area contributed by atoms with Gasteiger partial charge >= 0.3 is 12.3 Å². The summed E-state index contributed by atoms with van der Waals surface area (Å²) >= 11 is 0. The van der Waals surface area contributed by atoms with Gasteiger partial charge in [0.2, 0.25) is 0 Å². The Kier molecular flexibility index (Phi) is 3.43. The average Bonchev–Trinajstić information content (AvgIpc) is 2.61. The maximum atomic E-state index is 12.8. The van der Waals surface area contributed by atoms with Gasteiger partial charge < -0.3 is 24.6 Å². The fourth-order valence-electron chi connectivity index (χ4n) is 1.58. The van der Waals surface area contributed by atoms with Crippen LogP contribution in [0.3, 0.4) is 0 Å². The Morgan fingerprint density at radius 1 is 1.47 bits per heavy atom. The first-order valence-electron chi connectivity index (χ1n) is 5.29. The molecule has 1 aromatic rings. The summed E-state index contributed by atoms with van der Waals surface area (Å²) in [6, 6.07) is 2.92. The first-order chi connectivity index (χ1) is 8.91. The van der Waals surface area contributed by atoms with Crippen LogP contribution in [0.5, 0.6) is 11.5 Å². The Hall–Kier alpha value is -2.09. The zero-order chi connectivity index (χ0) is 14.0. The summed E-state index contributed by atoms with van der Waals surface area (Å²) in [6.45, 7) is -0.0695. The molecule has 1 unspecified atom stereocenters. The Morgan fingerprint density at radius 3 is 2.79 bits per heavy atom. The molecule has 2 rings (SSSR count). The van der Waals surface area contributed by atoms with Gasteiger partial charge in [-0.25, -0.2) is 4.79 Å². The molecule has 6 nitrogen and oxygen atoms in total. The minimum absolute atomic E-state index is 0.0695. The van der Waals surface area contributed by atoms with E-state index in [1.165, 1.54) is 25.3 Å². The number of methoxy groups -OCH3 is 1. The Balaban J connectivity index is 2.13. The van der Waals surface area contributed by atoms with Crippen molar-refractivity contribution in [3.63, 3.8) is 0 Å². The number of anilines is 1. The molecule has 0 bridgehead atoms. The quantitative estimate of drug-likeness (QED) is 0.848. The second-order valence-corrected chi connectivity index (χ2v) is 3.82. The fourth-order valence-corrected chi connectivity index (χ4v) is 1.58. The predicted octanol–water partition coefficient (Wildman–Crippen LogP) is 1.52. The molecule has 19 heavy (non-hydrogen) atoms. The van der Waals surface area contributed by atoms with Crippen LogP contribution in [0.1, 0.15) is 0 Å². The van der Waals surface area contributed by atoms with Gasteiger partial charge in [-0.3, -0.25) is 0 Å². The zero-order valence-electron chi connectivity index (χ0n) is 9.85. The van der Waals surface area contributed by atoms with E-state index < -0.39 is 18.3 Å². The summed E-state index contributed by atoms with van der Waals surface area (Å²) in [6.07, 6.45) is -3.69. The van der Waals surface area contributed by atoms with Crippen LogP contribution in [0.25, 0.3) is 0 Å². The third-order valence-electron chi connectivity index (χ3n) is 2.37. The van der Waals surface area contributed by atoms with Crippen molar-refractivity contribution in [1.82, 2.24) is 0 Å². The van der Waals surface area contributed by atoms with Crippen molar-refractivity contribution < 1.29 is 32.9 Å². The smallest absolute Gasteiger partial charge is 0.480 e. The number of aliphatic carboxylic acids is 1. The van der Waals surface area contributed by atoms with Gasteiger partial charge in [0.15, 0.2) is 11.5 Å². The van der Waals surface area contributed by atoms with Crippen molar-refractivity contribution >= 4 is 11.7 Å². The minimum Gasteiger partial charge on any atom is -0.480 e. The van der Waals surface area contributed by atoms with Gasteiger partial charge in [-0.2, -0.15) is 0 Å². The topological polar surface area (TPSA) is 77.0 Å². The lowest BCUT2D eigenvalue weighted by Gasteiger charge is -2.14. The van der Waals surface area contributed by atoms with Crippen LogP contribution in [0.4, 0.5) is 14.5 Å². The van der Waals surface area contributed by atoms with Gasteiger partial charge in [-0.05, 0) is 12.1 Å². The second-order valence-electron chi connectivity index (χ2n) is 3.82. The van der Waals surface area contributed by atoms with E-state index in [2.05, 4.69) is 14.8 Å². The van der Waals surface area contributed by atoms with Gasteiger partial charge in [-0.1, -0.05) is 0 Å². The molecular weight excluding hydrogens is 264 g/mol. The molecule has 104 valence electrons. The molecule has 0 saturated carbocycles. The average molecular weight is 275 g/mol. The van der Waals surface area contributed by atoms with E-state index >= 15 is 0 Å². The van der Waals surface area contributed by atoms with Crippen molar-refractivity contribution in [3.05, 3.63) is 18.2 Å². The van der Waals surface area contributed by atoms with Crippen LogP contribution in [-0.2, 0) is 9.53 Å². The number of carboxylic acid groups (broad SMARTS) is 1. The number of fused-ring (bicyclic) bond motifs is 1. The minimum atomic E-state index is -3.69. The van der Waals surface area contributed by atoms with E-state index in [1.54, 1.807) is 0 Å².